The summed E-state index contributed by atoms with van der Waals surface area (Å²) in [4.78, 5) is 10.7. The van der Waals surface area contributed by atoms with Crippen LogP contribution < -0.4 is 0 Å². The van der Waals surface area contributed by atoms with Gasteiger partial charge in [0.2, 0.25) is 0 Å². The second kappa shape index (κ2) is 4.83. The second-order valence-corrected chi connectivity index (χ2v) is 4.81. The minimum atomic E-state index is -0.879. The molecule has 0 fully saturated rings. The van der Waals surface area contributed by atoms with E-state index in [2.05, 4.69) is 0 Å². The number of alkyl halides is 1. The van der Waals surface area contributed by atoms with E-state index in [0.29, 0.717) is 10.6 Å². The number of halogens is 2. The van der Waals surface area contributed by atoms with Crippen LogP contribution in [0.1, 0.15) is 31.4 Å². The lowest BCUT2D eigenvalue weighted by Gasteiger charge is -2.24. The van der Waals surface area contributed by atoms with E-state index >= 15 is 0 Å². The molecule has 0 spiro atoms. The summed E-state index contributed by atoms with van der Waals surface area (Å²) < 4.78 is 12.4. The van der Waals surface area contributed by atoms with E-state index in [4.69, 9.17) is 16.7 Å². The summed E-state index contributed by atoms with van der Waals surface area (Å²) in [6.07, 6.45) is -0.0122. The predicted molar refractivity (Wildman–Crippen MR) is 61.5 cm³/mol. The number of carboxylic acid groups (broad SMARTS) is 1. The van der Waals surface area contributed by atoms with E-state index in [-0.39, 0.29) is 6.42 Å². The first kappa shape index (κ1) is 13.0. The van der Waals surface area contributed by atoms with Crippen molar-refractivity contribution in [3.63, 3.8) is 0 Å². The molecule has 88 valence electrons. The summed E-state index contributed by atoms with van der Waals surface area (Å²) in [5.74, 6) is -0.879. The lowest BCUT2D eigenvalue weighted by molar-refractivity contribution is -0.138. The summed E-state index contributed by atoms with van der Waals surface area (Å²) in [6.45, 7) is 3.04. The molecule has 0 aliphatic heterocycles. The van der Waals surface area contributed by atoms with Crippen LogP contribution >= 0.6 is 11.6 Å². The first-order chi connectivity index (χ1) is 7.36. The highest BCUT2D eigenvalue weighted by Gasteiger charge is 2.26. The van der Waals surface area contributed by atoms with Gasteiger partial charge in [0.05, 0.1) is 6.42 Å². The average Bonchev–Trinajstić information content (AvgIpc) is 2.14. The smallest absolute Gasteiger partial charge is 0.304 e. The van der Waals surface area contributed by atoms with Gasteiger partial charge in [-0.05, 0) is 17.2 Å². The van der Waals surface area contributed by atoms with Gasteiger partial charge in [-0.15, -0.1) is 0 Å². The molecule has 0 atom stereocenters. The number of benzene rings is 1. The Morgan fingerprint density at radius 1 is 1.50 bits per heavy atom. The van der Waals surface area contributed by atoms with E-state index in [1.165, 1.54) is 0 Å². The standard InChI is InChI=1S/C12H14ClFO2/c1-12(2,6-11(15)16)9-4-3-8(7-14)5-10(9)13/h3-5H,6-7H2,1-2H3,(H,15,16). The molecular formula is C12H14ClFO2. The minimum Gasteiger partial charge on any atom is -0.481 e. The van der Waals surface area contributed by atoms with Gasteiger partial charge in [-0.25, -0.2) is 4.39 Å². The molecule has 0 unspecified atom stereocenters. The van der Waals surface area contributed by atoms with Gasteiger partial charge in [0, 0.05) is 10.4 Å². The molecule has 0 saturated heterocycles. The van der Waals surface area contributed by atoms with Crippen LogP contribution in [0.4, 0.5) is 4.39 Å². The highest BCUT2D eigenvalue weighted by atomic mass is 35.5. The zero-order chi connectivity index (χ0) is 12.3. The lowest BCUT2D eigenvalue weighted by Crippen LogP contribution is -2.22. The van der Waals surface area contributed by atoms with E-state index in [9.17, 15) is 9.18 Å². The zero-order valence-electron chi connectivity index (χ0n) is 9.26. The van der Waals surface area contributed by atoms with Crippen LogP contribution in [-0.2, 0) is 16.9 Å². The Balaban J connectivity index is 3.08. The maximum Gasteiger partial charge on any atom is 0.304 e. The molecule has 0 aliphatic rings. The van der Waals surface area contributed by atoms with Gasteiger partial charge in [0.1, 0.15) is 6.67 Å². The molecule has 0 aliphatic carbocycles. The Kier molecular flexibility index (Phi) is 3.92. The Bertz CT molecular complexity index is 402. The van der Waals surface area contributed by atoms with Crippen molar-refractivity contribution in [2.45, 2.75) is 32.4 Å². The zero-order valence-corrected chi connectivity index (χ0v) is 10.0. The average molecular weight is 245 g/mol. The number of rotatable bonds is 4. The molecule has 0 radical (unpaired) electrons. The molecule has 0 bridgehead atoms. The van der Waals surface area contributed by atoms with Gasteiger partial charge in [0.25, 0.3) is 0 Å². The third-order valence-corrected chi connectivity index (χ3v) is 2.82. The Hall–Kier alpha value is -1.09. The fourth-order valence-corrected chi connectivity index (χ4v) is 2.12. The molecule has 4 heteroatoms. The van der Waals surface area contributed by atoms with Crippen molar-refractivity contribution in [2.75, 3.05) is 0 Å². The molecular weight excluding hydrogens is 231 g/mol. The largest absolute Gasteiger partial charge is 0.481 e. The lowest BCUT2D eigenvalue weighted by atomic mass is 9.81. The third-order valence-electron chi connectivity index (χ3n) is 2.51. The van der Waals surface area contributed by atoms with Crippen molar-refractivity contribution in [1.29, 1.82) is 0 Å². The van der Waals surface area contributed by atoms with Crippen molar-refractivity contribution in [1.82, 2.24) is 0 Å². The number of hydrogen-bond donors (Lipinski definition) is 1. The van der Waals surface area contributed by atoms with E-state index in [1.54, 1.807) is 32.0 Å². The van der Waals surface area contributed by atoms with E-state index < -0.39 is 18.1 Å². The summed E-state index contributed by atoms with van der Waals surface area (Å²) in [5, 5.41) is 9.22. The van der Waals surface area contributed by atoms with Crippen LogP contribution in [0.2, 0.25) is 5.02 Å². The summed E-state index contributed by atoms with van der Waals surface area (Å²) in [5.41, 5.74) is 0.672. The topological polar surface area (TPSA) is 37.3 Å². The van der Waals surface area contributed by atoms with Crippen LogP contribution in [0.25, 0.3) is 0 Å². The first-order valence-corrected chi connectivity index (χ1v) is 5.31. The molecule has 1 aromatic carbocycles. The normalized spacial score (nSPS) is 11.5. The highest BCUT2D eigenvalue weighted by Crippen LogP contribution is 2.33. The van der Waals surface area contributed by atoms with Crippen LogP contribution in [0, 0.1) is 0 Å². The SMILES string of the molecule is CC(C)(CC(=O)O)c1ccc(CF)cc1Cl. The van der Waals surface area contributed by atoms with Gasteiger partial charge in [-0.1, -0.05) is 37.6 Å². The van der Waals surface area contributed by atoms with Crippen molar-refractivity contribution in [2.24, 2.45) is 0 Å². The van der Waals surface area contributed by atoms with Crippen LogP contribution in [0.5, 0.6) is 0 Å². The molecule has 1 N–H and O–H groups in total. The minimum absolute atomic E-state index is 0.0122. The third kappa shape index (κ3) is 2.95. The van der Waals surface area contributed by atoms with Gasteiger partial charge in [-0.3, -0.25) is 4.79 Å². The van der Waals surface area contributed by atoms with Gasteiger partial charge >= 0.3 is 5.97 Å². The van der Waals surface area contributed by atoms with Crippen molar-refractivity contribution in [3.05, 3.63) is 34.3 Å². The van der Waals surface area contributed by atoms with Gasteiger partial charge in [0.15, 0.2) is 0 Å². The number of hydrogen-bond acceptors (Lipinski definition) is 1. The Morgan fingerprint density at radius 3 is 2.56 bits per heavy atom. The summed E-state index contributed by atoms with van der Waals surface area (Å²) >= 11 is 6.02. The highest BCUT2D eigenvalue weighted by molar-refractivity contribution is 6.31. The van der Waals surface area contributed by atoms with Crippen LogP contribution in [0.15, 0.2) is 18.2 Å². The molecule has 1 rings (SSSR count). The fraction of sp³-hybridized carbons (Fsp3) is 0.417. The molecule has 0 amide bonds. The second-order valence-electron chi connectivity index (χ2n) is 4.40. The van der Waals surface area contributed by atoms with Crippen molar-refractivity contribution < 1.29 is 14.3 Å². The quantitative estimate of drug-likeness (QED) is 0.879. The summed E-state index contributed by atoms with van der Waals surface area (Å²) in [6, 6.07) is 4.87. The van der Waals surface area contributed by atoms with E-state index in [0.717, 1.165) is 5.56 Å². The maximum atomic E-state index is 12.4. The van der Waals surface area contributed by atoms with Crippen LogP contribution in [0.3, 0.4) is 0 Å². The molecule has 2 nitrogen and oxygen atoms in total. The van der Waals surface area contributed by atoms with Crippen molar-refractivity contribution in [3.8, 4) is 0 Å². The Morgan fingerprint density at radius 2 is 2.12 bits per heavy atom. The monoisotopic (exact) mass is 244 g/mol. The van der Waals surface area contributed by atoms with Gasteiger partial charge in [-0.2, -0.15) is 0 Å². The molecule has 0 aromatic heterocycles. The first-order valence-electron chi connectivity index (χ1n) is 4.93. The summed E-state index contributed by atoms with van der Waals surface area (Å²) in [7, 11) is 0. The maximum absolute atomic E-state index is 12.4. The predicted octanol–water partition coefficient (Wildman–Crippen LogP) is 3.56. The molecule has 0 heterocycles. The Labute approximate surface area is 99.0 Å². The van der Waals surface area contributed by atoms with Crippen molar-refractivity contribution >= 4 is 17.6 Å². The molecule has 1 aromatic rings. The van der Waals surface area contributed by atoms with Crippen LogP contribution in [-0.4, -0.2) is 11.1 Å². The fourth-order valence-electron chi connectivity index (χ4n) is 1.66. The number of carbonyl (C=O) groups is 1. The van der Waals surface area contributed by atoms with E-state index in [1.807, 2.05) is 0 Å². The molecule has 0 saturated carbocycles. The number of aliphatic carboxylic acids is 1. The number of carboxylic acids is 1. The van der Waals surface area contributed by atoms with Gasteiger partial charge < -0.3 is 5.11 Å². The molecule has 16 heavy (non-hydrogen) atoms.